The molecule has 1 heterocycles. The Morgan fingerprint density at radius 1 is 1.28 bits per heavy atom. The minimum Gasteiger partial charge on any atom is -0.382 e. The summed E-state index contributed by atoms with van der Waals surface area (Å²) in [5, 5.41) is 9.00. The van der Waals surface area contributed by atoms with Crippen LogP contribution < -0.4 is 10.6 Å². The summed E-state index contributed by atoms with van der Waals surface area (Å²) in [6.07, 6.45) is 7.45. The molecule has 0 atom stereocenters. The molecule has 0 saturated heterocycles. The zero-order chi connectivity index (χ0) is 17.1. The maximum Gasteiger partial charge on any atom is 0.191 e. The van der Waals surface area contributed by atoms with Crippen LogP contribution in [0, 0.1) is 5.41 Å². The van der Waals surface area contributed by atoms with Crippen LogP contribution in [0.3, 0.4) is 0 Å². The second-order valence-corrected chi connectivity index (χ2v) is 7.64. The Labute approximate surface area is 174 Å². The van der Waals surface area contributed by atoms with Gasteiger partial charge in [-0.25, -0.2) is 0 Å². The van der Waals surface area contributed by atoms with E-state index in [1.807, 2.05) is 11.3 Å². The number of aliphatic imine (C=N–C) groups is 1. The topological polar surface area (TPSA) is 45.7 Å². The monoisotopic (exact) mass is 479 g/mol. The van der Waals surface area contributed by atoms with Gasteiger partial charge in [0.1, 0.15) is 0 Å². The van der Waals surface area contributed by atoms with Crippen molar-refractivity contribution in [3.8, 4) is 0 Å². The molecule has 25 heavy (non-hydrogen) atoms. The standard InChI is InChI=1S/C19H33N3OS.HI/c1-3-20-18(21-13-9-17-8-7-15-24-17)22-16-19(10-5-6-11-19)12-14-23-4-2;/h7-8,15H,3-6,9-14,16H2,1-2H3,(H2,20,21,22);1H. The van der Waals surface area contributed by atoms with Crippen LogP contribution >= 0.6 is 35.3 Å². The Bertz CT molecular complexity index is 473. The van der Waals surface area contributed by atoms with E-state index in [2.05, 4.69) is 42.0 Å². The van der Waals surface area contributed by atoms with Gasteiger partial charge in [0, 0.05) is 37.7 Å². The summed E-state index contributed by atoms with van der Waals surface area (Å²) in [5.74, 6) is 0.955. The molecule has 0 amide bonds. The number of rotatable bonds is 10. The van der Waals surface area contributed by atoms with Crippen molar-refractivity contribution in [2.24, 2.45) is 10.4 Å². The highest BCUT2D eigenvalue weighted by molar-refractivity contribution is 14.0. The largest absolute Gasteiger partial charge is 0.382 e. The van der Waals surface area contributed by atoms with Crippen molar-refractivity contribution in [1.82, 2.24) is 10.6 Å². The maximum atomic E-state index is 5.60. The average molecular weight is 479 g/mol. The molecule has 0 spiro atoms. The number of hydrogen-bond donors (Lipinski definition) is 2. The van der Waals surface area contributed by atoms with Crippen molar-refractivity contribution in [2.45, 2.75) is 52.4 Å². The average Bonchev–Trinajstić information content (AvgIpc) is 3.25. The lowest BCUT2D eigenvalue weighted by Crippen LogP contribution is -2.39. The zero-order valence-electron chi connectivity index (χ0n) is 15.7. The molecule has 0 bridgehead atoms. The highest BCUT2D eigenvalue weighted by Gasteiger charge is 2.33. The van der Waals surface area contributed by atoms with E-state index in [1.54, 1.807) is 0 Å². The van der Waals surface area contributed by atoms with Crippen LogP contribution in [0.25, 0.3) is 0 Å². The molecule has 4 nitrogen and oxygen atoms in total. The fourth-order valence-corrected chi connectivity index (χ4v) is 4.10. The van der Waals surface area contributed by atoms with Gasteiger partial charge in [0.05, 0.1) is 0 Å². The van der Waals surface area contributed by atoms with Crippen LogP contribution in [0.4, 0.5) is 0 Å². The van der Waals surface area contributed by atoms with Gasteiger partial charge in [0.15, 0.2) is 5.96 Å². The first-order chi connectivity index (χ1) is 11.8. The van der Waals surface area contributed by atoms with E-state index in [4.69, 9.17) is 9.73 Å². The molecule has 2 N–H and O–H groups in total. The van der Waals surface area contributed by atoms with Crippen molar-refractivity contribution in [3.63, 3.8) is 0 Å². The number of ether oxygens (including phenoxy) is 1. The first-order valence-electron chi connectivity index (χ1n) is 9.40. The molecule has 0 aromatic carbocycles. The predicted molar refractivity (Wildman–Crippen MR) is 119 cm³/mol. The van der Waals surface area contributed by atoms with E-state index in [1.165, 1.54) is 30.6 Å². The van der Waals surface area contributed by atoms with Crippen LogP contribution in [-0.2, 0) is 11.2 Å². The van der Waals surface area contributed by atoms with E-state index in [0.29, 0.717) is 5.41 Å². The van der Waals surface area contributed by atoms with Crippen molar-refractivity contribution in [1.29, 1.82) is 0 Å². The normalized spacial score (nSPS) is 16.5. The summed E-state index contributed by atoms with van der Waals surface area (Å²) in [6, 6.07) is 4.30. The number of thiophene rings is 1. The van der Waals surface area contributed by atoms with Gasteiger partial charge in [-0.05, 0) is 56.4 Å². The van der Waals surface area contributed by atoms with Gasteiger partial charge in [-0.15, -0.1) is 35.3 Å². The van der Waals surface area contributed by atoms with Crippen molar-refractivity contribution >= 4 is 41.3 Å². The molecule has 1 aromatic rings. The van der Waals surface area contributed by atoms with Gasteiger partial charge in [0.2, 0.25) is 0 Å². The summed E-state index contributed by atoms with van der Waals surface area (Å²) in [7, 11) is 0. The van der Waals surface area contributed by atoms with Gasteiger partial charge in [-0.1, -0.05) is 18.9 Å². The first kappa shape index (κ1) is 22.7. The lowest BCUT2D eigenvalue weighted by Gasteiger charge is -2.27. The van der Waals surface area contributed by atoms with Gasteiger partial charge in [-0.2, -0.15) is 0 Å². The van der Waals surface area contributed by atoms with E-state index < -0.39 is 0 Å². The third kappa shape index (κ3) is 8.26. The van der Waals surface area contributed by atoms with Crippen LogP contribution in [0.15, 0.2) is 22.5 Å². The summed E-state index contributed by atoms with van der Waals surface area (Å²) in [5.41, 5.74) is 0.352. The van der Waals surface area contributed by atoms with Crippen LogP contribution in [0.2, 0.25) is 0 Å². The highest BCUT2D eigenvalue weighted by atomic mass is 127. The molecule has 1 aliphatic rings. The minimum absolute atomic E-state index is 0. The minimum atomic E-state index is 0. The SMILES string of the molecule is CCNC(=NCC1(CCOCC)CCCC1)NCCc1cccs1.I. The van der Waals surface area contributed by atoms with Crippen LogP contribution in [0.1, 0.15) is 50.8 Å². The fourth-order valence-electron chi connectivity index (χ4n) is 3.39. The molecule has 1 fully saturated rings. The fraction of sp³-hybridized carbons (Fsp3) is 0.737. The molecule has 0 unspecified atom stereocenters. The van der Waals surface area contributed by atoms with E-state index >= 15 is 0 Å². The van der Waals surface area contributed by atoms with Crippen molar-refractivity contribution in [3.05, 3.63) is 22.4 Å². The summed E-state index contributed by atoms with van der Waals surface area (Å²) in [6.45, 7) is 8.61. The molecule has 2 rings (SSSR count). The van der Waals surface area contributed by atoms with Gasteiger partial charge >= 0.3 is 0 Å². The predicted octanol–water partition coefficient (Wildman–Crippen LogP) is 4.45. The summed E-state index contributed by atoms with van der Waals surface area (Å²) < 4.78 is 5.60. The second-order valence-electron chi connectivity index (χ2n) is 6.61. The molecular formula is C19H34IN3OS. The lowest BCUT2D eigenvalue weighted by molar-refractivity contribution is 0.107. The number of hydrogen-bond acceptors (Lipinski definition) is 3. The molecule has 144 valence electrons. The van der Waals surface area contributed by atoms with E-state index in [0.717, 1.165) is 51.6 Å². The molecular weight excluding hydrogens is 445 g/mol. The van der Waals surface area contributed by atoms with E-state index in [9.17, 15) is 0 Å². The Hall–Kier alpha value is -0.340. The Kier molecular flexibility index (Phi) is 11.7. The first-order valence-corrected chi connectivity index (χ1v) is 10.3. The lowest BCUT2D eigenvalue weighted by atomic mass is 9.83. The Balaban J connectivity index is 0.00000312. The van der Waals surface area contributed by atoms with Gasteiger partial charge < -0.3 is 15.4 Å². The van der Waals surface area contributed by atoms with Crippen LogP contribution in [0.5, 0.6) is 0 Å². The van der Waals surface area contributed by atoms with Gasteiger partial charge in [0.25, 0.3) is 0 Å². The number of guanidine groups is 1. The number of halogens is 1. The summed E-state index contributed by atoms with van der Waals surface area (Å²) in [4.78, 5) is 6.33. The van der Waals surface area contributed by atoms with Gasteiger partial charge in [-0.3, -0.25) is 4.99 Å². The zero-order valence-corrected chi connectivity index (χ0v) is 18.8. The molecule has 1 aliphatic carbocycles. The van der Waals surface area contributed by atoms with Crippen molar-refractivity contribution < 1.29 is 4.74 Å². The Morgan fingerprint density at radius 2 is 2.08 bits per heavy atom. The third-order valence-electron chi connectivity index (χ3n) is 4.81. The number of nitrogens with zero attached hydrogens (tertiary/aromatic N) is 1. The van der Waals surface area contributed by atoms with Crippen molar-refractivity contribution in [2.75, 3.05) is 32.8 Å². The quantitative estimate of drug-likeness (QED) is 0.226. The maximum absolute atomic E-state index is 5.60. The number of nitrogens with one attached hydrogen (secondary N) is 2. The molecule has 1 aromatic heterocycles. The molecule has 6 heteroatoms. The summed E-state index contributed by atoms with van der Waals surface area (Å²) >= 11 is 1.82. The van der Waals surface area contributed by atoms with E-state index in [-0.39, 0.29) is 24.0 Å². The van der Waals surface area contributed by atoms with Crippen LogP contribution in [-0.4, -0.2) is 38.8 Å². The second kappa shape index (κ2) is 12.9. The molecule has 0 aliphatic heterocycles. The Morgan fingerprint density at radius 3 is 2.72 bits per heavy atom. The molecule has 0 radical (unpaired) electrons. The smallest absolute Gasteiger partial charge is 0.191 e. The molecule has 1 saturated carbocycles. The third-order valence-corrected chi connectivity index (χ3v) is 5.74. The highest BCUT2D eigenvalue weighted by Crippen LogP contribution is 2.41.